The summed E-state index contributed by atoms with van der Waals surface area (Å²) in [5.74, 6) is 0.729. The first-order valence-corrected chi connectivity index (χ1v) is 11.8. The van der Waals surface area contributed by atoms with Gasteiger partial charge in [0.1, 0.15) is 6.33 Å². The van der Waals surface area contributed by atoms with Crippen LogP contribution in [0.5, 0.6) is 0 Å². The Morgan fingerprint density at radius 1 is 1.09 bits per heavy atom. The van der Waals surface area contributed by atoms with Gasteiger partial charge in [-0.05, 0) is 16.7 Å². The van der Waals surface area contributed by atoms with Crippen molar-refractivity contribution in [3.05, 3.63) is 77.1 Å². The van der Waals surface area contributed by atoms with E-state index >= 15 is 0 Å². The Morgan fingerprint density at radius 2 is 1.79 bits per heavy atom. The number of thioether (sulfide) groups is 1. The second kappa shape index (κ2) is 10.9. The number of carbonyl (C=O) groups is 1. The van der Waals surface area contributed by atoms with Crippen LogP contribution in [0, 0.1) is 5.92 Å². The number of nitrogens with zero attached hydrogens (tertiary/aromatic N) is 2. The van der Waals surface area contributed by atoms with Crippen molar-refractivity contribution >= 4 is 17.7 Å². The lowest BCUT2D eigenvalue weighted by molar-refractivity contribution is -0.268. The number of rotatable bonds is 8. The molecule has 9 heteroatoms. The standard InChI is InChI=1S/C24H28N4O4S/c1-15-21(13-33-24-26-14-27-28-24)31-23(20-9-3-17(4-10-20)11-25-16(2)30)32-22(15)19-7-5-18(12-29)6-8-19/h3-10,14-15,21-23,29H,11-13H2,1-2H3,(H,25,30)(H,26,27,28)/t15-,21+,22+,23+/m1/s1. The molecule has 1 aliphatic heterocycles. The fraction of sp³-hybridized carbons (Fsp3) is 0.375. The molecule has 4 atom stereocenters. The predicted octanol–water partition coefficient (Wildman–Crippen LogP) is 3.52. The van der Waals surface area contributed by atoms with Gasteiger partial charge < -0.3 is 19.9 Å². The summed E-state index contributed by atoms with van der Waals surface area (Å²) in [5, 5.41) is 19.7. The first kappa shape index (κ1) is 23.4. The number of aromatic nitrogens is 3. The number of hydrogen-bond donors (Lipinski definition) is 3. The van der Waals surface area contributed by atoms with E-state index in [1.807, 2.05) is 48.5 Å². The van der Waals surface area contributed by atoms with Crippen molar-refractivity contribution in [2.45, 2.75) is 50.7 Å². The number of benzene rings is 2. The molecule has 8 nitrogen and oxygen atoms in total. The van der Waals surface area contributed by atoms with Crippen molar-refractivity contribution in [2.75, 3.05) is 5.75 Å². The molecular formula is C24H28N4O4S. The Bertz CT molecular complexity index is 1030. The molecule has 0 spiro atoms. The second-order valence-corrected chi connectivity index (χ2v) is 9.08. The molecule has 2 aromatic carbocycles. The fourth-order valence-electron chi connectivity index (χ4n) is 3.75. The van der Waals surface area contributed by atoms with E-state index in [0.717, 1.165) is 27.4 Å². The Kier molecular flexibility index (Phi) is 7.77. The third-order valence-electron chi connectivity index (χ3n) is 5.69. The zero-order valence-corrected chi connectivity index (χ0v) is 19.4. The van der Waals surface area contributed by atoms with Crippen LogP contribution in [0.4, 0.5) is 0 Å². The topological polar surface area (TPSA) is 109 Å². The zero-order valence-electron chi connectivity index (χ0n) is 18.6. The molecule has 1 fully saturated rings. The molecule has 4 rings (SSSR count). The summed E-state index contributed by atoms with van der Waals surface area (Å²) in [6.45, 7) is 4.12. The first-order chi connectivity index (χ1) is 16.0. The number of carbonyl (C=O) groups excluding carboxylic acids is 1. The van der Waals surface area contributed by atoms with Crippen LogP contribution in [0.25, 0.3) is 0 Å². The van der Waals surface area contributed by atoms with Crippen LogP contribution in [0.2, 0.25) is 0 Å². The van der Waals surface area contributed by atoms with Crippen LogP contribution in [-0.2, 0) is 27.4 Å². The predicted molar refractivity (Wildman–Crippen MR) is 124 cm³/mol. The lowest BCUT2D eigenvalue weighted by atomic mass is 9.91. The highest BCUT2D eigenvalue weighted by Gasteiger charge is 2.38. The molecule has 0 unspecified atom stereocenters. The normalized spacial score (nSPS) is 22.8. The number of amides is 1. The van der Waals surface area contributed by atoms with Gasteiger partial charge in [-0.25, -0.2) is 4.98 Å². The van der Waals surface area contributed by atoms with Crippen LogP contribution in [0.3, 0.4) is 0 Å². The van der Waals surface area contributed by atoms with Gasteiger partial charge >= 0.3 is 0 Å². The number of hydrogen-bond acceptors (Lipinski definition) is 7. The van der Waals surface area contributed by atoms with Crippen LogP contribution in [-0.4, -0.2) is 38.1 Å². The van der Waals surface area contributed by atoms with Gasteiger partial charge in [0.15, 0.2) is 11.4 Å². The summed E-state index contributed by atoms with van der Waals surface area (Å²) in [6, 6.07) is 15.8. The van der Waals surface area contributed by atoms with E-state index < -0.39 is 6.29 Å². The molecule has 1 saturated heterocycles. The number of aliphatic hydroxyl groups excluding tert-OH is 1. The summed E-state index contributed by atoms with van der Waals surface area (Å²) < 4.78 is 12.9. The van der Waals surface area contributed by atoms with Crippen LogP contribution >= 0.6 is 11.8 Å². The number of aliphatic hydroxyl groups is 1. The molecule has 0 saturated carbocycles. The molecule has 1 aliphatic rings. The van der Waals surface area contributed by atoms with Gasteiger partial charge in [0, 0.05) is 30.7 Å². The van der Waals surface area contributed by atoms with Crippen molar-refractivity contribution in [1.82, 2.24) is 20.5 Å². The van der Waals surface area contributed by atoms with Crippen molar-refractivity contribution < 1.29 is 19.4 Å². The molecule has 3 N–H and O–H groups in total. The molecular weight excluding hydrogens is 440 g/mol. The first-order valence-electron chi connectivity index (χ1n) is 10.9. The number of H-pyrrole nitrogens is 1. The van der Waals surface area contributed by atoms with Gasteiger partial charge in [0.05, 0.1) is 18.8 Å². The molecule has 1 amide bonds. The van der Waals surface area contributed by atoms with Crippen LogP contribution < -0.4 is 5.32 Å². The van der Waals surface area contributed by atoms with Crippen LogP contribution in [0.1, 0.15) is 48.5 Å². The maximum Gasteiger partial charge on any atom is 0.217 e. The van der Waals surface area contributed by atoms with Crippen molar-refractivity contribution in [2.24, 2.45) is 5.92 Å². The minimum absolute atomic E-state index is 0.00831. The van der Waals surface area contributed by atoms with E-state index in [4.69, 9.17) is 9.47 Å². The number of aromatic amines is 1. The van der Waals surface area contributed by atoms with Crippen molar-refractivity contribution in [3.8, 4) is 0 Å². The van der Waals surface area contributed by atoms with Crippen LogP contribution in [0.15, 0.2) is 60.0 Å². The van der Waals surface area contributed by atoms with Gasteiger partial charge in [0.25, 0.3) is 0 Å². The lowest BCUT2D eigenvalue weighted by Gasteiger charge is -2.41. The molecule has 0 bridgehead atoms. The van der Waals surface area contributed by atoms with E-state index in [2.05, 4.69) is 27.4 Å². The molecule has 3 aromatic rings. The Hall–Kier alpha value is -2.72. The van der Waals surface area contributed by atoms with Gasteiger partial charge in [-0.15, -0.1) is 0 Å². The molecule has 0 radical (unpaired) electrons. The summed E-state index contributed by atoms with van der Waals surface area (Å²) >= 11 is 1.57. The second-order valence-electron chi connectivity index (χ2n) is 8.07. The third-order valence-corrected chi connectivity index (χ3v) is 6.66. The quantitative estimate of drug-likeness (QED) is 0.434. The molecule has 1 aromatic heterocycles. The zero-order chi connectivity index (χ0) is 23.2. The van der Waals surface area contributed by atoms with E-state index in [9.17, 15) is 9.90 Å². The Morgan fingerprint density at radius 3 is 2.42 bits per heavy atom. The minimum atomic E-state index is -0.529. The molecule has 2 heterocycles. The summed E-state index contributed by atoms with van der Waals surface area (Å²) in [5.41, 5.74) is 3.83. The maximum absolute atomic E-state index is 11.2. The third kappa shape index (κ3) is 6.00. The average molecular weight is 469 g/mol. The molecule has 0 aliphatic carbocycles. The number of nitrogens with one attached hydrogen (secondary N) is 2. The maximum atomic E-state index is 11.2. The SMILES string of the molecule is CC(=O)NCc1ccc([C@H]2O[C@@H](CSc3ncn[nH]3)[C@@H](C)[C@@H](c3ccc(CO)cc3)O2)cc1. The molecule has 33 heavy (non-hydrogen) atoms. The van der Waals surface area contributed by atoms with E-state index in [-0.39, 0.29) is 30.6 Å². The lowest BCUT2D eigenvalue weighted by Crippen LogP contribution is -2.38. The highest BCUT2D eigenvalue weighted by atomic mass is 32.2. The monoisotopic (exact) mass is 468 g/mol. The summed E-state index contributed by atoms with van der Waals surface area (Å²) in [4.78, 5) is 15.4. The van der Waals surface area contributed by atoms with E-state index in [1.54, 1.807) is 11.8 Å². The minimum Gasteiger partial charge on any atom is -0.392 e. The van der Waals surface area contributed by atoms with Gasteiger partial charge in [-0.2, -0.15) is 5.10 Å². The molecule has 174 valence electrons. The largest absolute Gasteiger partial charge is 0.392 e. The highest BCUT2D eigenvalue weighted by Crippen LogP contribution is 2.42. The van der Waals surface area contributed by atoms with E-state index in [1.165, 1.54) is 13.3 Å². The highest BCUT2D eigenvalue weighted by molar-refractivity contribution is 7.99. The van der Waals surface area contributed by atoms with Crippen molar-refractivity contribution in [1.29, 1.82) is 0 Å². The van der Waals surface area contributed by atoms with E-state index in [0.29, 0.717) is 12.3 Å². The van der Waals surface area contributed by atoms with Gasteiger partial charge in [-0.3, -0.25) is 9.89 Å². The Balaban J connectivity index is 1.54. The smallest absolute Gasteiger partial charge is 0.217 e. The summed E-state index contributed by atoms with van der Waals surface area (Å²) in [6.07, 6.45) is 0.711. The Labute approximate surface area is 197 Å². The fourth-order valence-corrected chi connectivity index (χ4v) is 4.70. The van der Waals surface area contributed by atoms with Crippen molar-refractivity contribution in [3.63, 3.8) is 0 Å². The number of ether oxygens (including phenoxy) is 2. The van der Waals surface area contributed by atoms with Gasteiger partial charge in [0.2, 0.25) is 5.91 Å². The summed E-state index contributed by atoms with van der Waals surface area (Å²) in [7, 11) is 0. The van der Waals surface area contributed by atoms with Gasteiger partial charge in [-0.1, -0.05) is 67.2 Å². The average Bonchev–Trinajstić information content (AvgIpc) is 3.36.